The number of likely N-dealkylation sites (N-methyl/N-ethyl adjacent to an activating group) is 1. The minimum absolute atomic E-state index is 0.537. The van der Waals surface area contributed by atoms with E-state index in [9.17, 15) is 0 Å². The van der Waals surface area contributed by atoms with Gasteiger partial charge >= 0.3 is 0 Å². The first-order chi connectivity index (χ1) is 7.47. The predicted octanol–water partition coefficient (Wildman–Crippen LogP) is 1.98. The molecule has 0 fully saturated rings. The lowest BCUT2D eigenvalue weighted by atomic mass is 10.0. The number of methoxy groups -OCH3 is 1. The van der Waals surface area contributed by atoms with Gasteiger partial charge in [-0.3, -0.25) is 0 Å². The number of nitrogens with one attached hydrogen (secondary N) is 1. The van der Waals surface area contributed by atoms with Crippen molar-refractivity contribution in [2.24, 2.45) is 5.92 Å². The molecule has 0 saturated heterocycles. The molecule has 0 aromatic carbocycles. The minimum atomic E-state index is 0.537. The summed E-state index contributed by atoms with van der Waals surface area (Å²) >= 11 is 0. The summed E-state index contributed by atoms with van der Waals surface area (Å²) < 4.78 is 5.08. The van der Waals surface area contributed by atoms with Gasteiger partial charge in [-0.05, 0) is 39.8 Å². The summed E-state index contributed by atoms with van der Waals surface area (Å²) in [5.74, 6) is 0.753. The number of hydrogen-bond acceptors (Lipinski definition) is 3. The van der Waals surface area contributed by atoms with Crippen molar-refractivity contribution in [2.45, 2.75) is 45.7 Å². The van der Waals surface area contributed by atoms with E-state index in [2.05, 4.69) is 45.1 Å². The van der Waals surface area contributed by atoms with Gasteiger partial charge in [0.05, 0.1) is 0 Å². The lowest BCUT2D eigenvalue weighted by Crippen LogP contribution is -2.42. The fourth-order valence-corrected chi connectivity index (χ4v) is 1.75. The van der Waals surface area contributed by atoms with E-state index in [1.165, 1.54) is 6.42 Å². The van der Waals surface area contributed by atoms with Crippen LogP contribution in [0.2, 0.25) is 0 Å². The Hall–Kier alpha value is -0.120. The van der Waals surface area contributed by atoms with E-state index in [4.69, 9.17) is 4.74 Å². The molecule has 0 rings (SSSR count). The zero-order valence-corrected chi connectivity index (χ0v) is 11.9. The molecule has 0 spiro atoms. The molecule has 0 aliphatic heterocycles. The fourth-order valence-electron chi connectivity index (χ4n) is 1.75. The third kappa shape index (κ3) is 8.08. The highest BCUT2D eigenvalue weighted by Gasteiger charge is 2.14. The Kier molecular flexibility index (Phi) is 8.90. The summed E-state index contributed by atoms with van der Waals surface area (Å²) in [6.45, 7) is 8.69. The molecule has 16 heavy (non-hydrogen) atoms. The summed E-state index contributed by atoms with van der Waals surface area (Å²) in [6.07, 6.45) is 2.33. The molecule has 3 nitrogen and oxygen atoms in total. The van der Waals surface area contributed by atoms with Gasteiger partial charge in [0.1, 0.15) is 0 Å². The molecular formula is C13H30N2O. The standard InChI is InChI=1S/C13H30N2O/c1-11(2)9-13(15(4)5)10-14-12(3)7-8-16-6/h11-14H,7-10H2,1-6H3. The van der Waals surface area contributed by atoms with Crippen molar-refractivity contribution in [3.05, 3.63) is 0 Å². The Balaban J connectivity index is 3.82. The summed E-state index contributed by atoms with van der Waals surface area (Å²) in [5.41, 5.74) is 0. The average Bonchev–Trinajstić information content (AvgIpc) is 2.20. The normalized spacial score (nSPS) is 15.8. The first-order valence-electron chi connectivity index (χ1n) is 6.36. The molecule has 0 aliphatic rings. The monoisotopic (exact) mass is 230 g/mol. The van der Waals surface area contributed by atoms with Crippen LogP contribution in [0.15, 0.2) is 0 Å². The van der Waals surface area contributed by atoms with Crippen LogP contribution in [0.5, 0.6) is 0 Å². The van der Waals surface area contributed by atoms with Gasteiger partial charge in [-0.15, -0.1) is 0 Å². The van der Waals surface area contributed by atoms with Crippen LogP contribution in [-0.2, 0) is 4.74 Å². The molecule has 0 amide bonds. The fraction of sp³-hybridized carbons (Fsp3) is 1.00. The summed E-state index contributed by atoms with van der Waals surface area (Å²) in [4.78, 5) is 2.32. The maximum absolute atomic E-state index is 5.08. The Morgan fingerprint density at radius 2 is 1.81 bits per heavy atom. The van der Waals surface area contributed by atoms with Gasteiger partial charge in [0.15, 0.2) is 0 Å². The van der Waals surface area contributed by atoms with Gasteiger partial charge in [-0.25, -0.2) is 0 Å². The van der Waals surface area contributed by atoms with Crippen molar-refractivity contribution in [1.82, 2.24) is 10.2 Å². The topological polar surface area (TPSA) is 24.5 Å². The molecule has 0 aromatic rings. The molecule has 0 radical (unpaired) electrons. The largest absolute Gasteiger partial charge is 0.385 e. The summed E-state index contributed by atoms with van der Waals surface area (Å²) in [5, 5.41) is 3.58. The van der Waals surface area contributed by atoms with Crippen LogP contribution in [0.1, 0.15) is 33.6 Å². The second kappa shape index (κ2) is 8.97. The Morgan fingerprint density at radius 1 is 1.19 bits per heavy atom. The van der Waals surface area contributed by atoms with E-state index in [0.717, 1.165) is 25.5 Å². The van der Waals surface area contributed by atoms with Crippen molar-refractivity contribution < 1.29 is 4.74 Å². The van der Waals surface area contributed by atoms with Gasteiger partial charge in [-0.1, -0.05) is 13.8 Å². The van der Waals surface area contributed by atoms with Gasteiger partial charge in [-0.2, -0.15) is 0 Å². The van der Waals surface area contributed by atoms with Crippen LogP contribution in [0.3, 0.4) is 0 Å². The molecule has 2 atom stereocenters. The van der Waals surface area contributed by atoms with Gasteiger partial charge in [0.2, 0.25) is 0 Å². The second-order valence-corrected chi connectivity index (χ2v) is 5.34. The molecule has 3 heteroatoms. The Morgan fingerprint density at radius 3 is 2.25 bits per heavy atom. The quantitative estimate of drug-likeness (QED) is 0.655. The molecule has 1 N–H and O–H groups in total. The van der Waals surface area contributed by atoms with Crippen LogP contribution in [0.25, 0.3) is 0 Å². The van der Waals surface area contributed by atoms with Crippen LogP contribution in [0, 0.1) is 5.92 Å². The Bertz CT molecular complexity index is 160. The SMILES string of the molecule is COCCC(C)NCC(CC(C)C)N(C)C. The zero-order chi connectivity index (χ0) is 12.6. The van der Waals surface area contributed by atoms with E-state index in [1.807, 2.05) is 0 Å². The first-order valence-corrected chi connectivity index (χ1v) is 6.36. The molecule has 98 valence electrons. The van der Waals surface area contributed by atoms with E-state index < -0.39 is 0 Å². The third-order valence-electron chi connectivity index (χ3n) is 2.93. The summed E-state index contributed by atoms with van der Waals surface area (Å²) in [7, 11) is 6.08. The lowest BCUT2D eigenvalue weighted by molar-refractivity contribution is 0.180. The molecular weight excluding hydrogens is 200 g/mol. The van der Waals surface area contributed by atoms with Crippen LogP contribution in [-0.4, -0.2) is 51.3 Å². The highest BCUT2D eigenvalue weighted by atomic mass is 16.5. The maximum atomic E-state index is 5.08. The van der Waals surface area contributed by atoms with E-state index in [0.29, 0.717) is 12.1 Å². The van der Waals surface area contributed by atoms with Crippen molar-refractivity contribution >= 4 is 0 Å². The molecule has 2 unspecified atom stereocenters. The molecule has 0 aliphatic carbocycles. The molecule has 0 bridgehead atoms. The van der Waals surface area contributed by atoms with Crippen LogP contribution >= 0.6 is 0 Å². The number of rotatable bonds is 9. The van der Waals surface area contributed by atoms with Crippen LogP contribution in [0.4, 0.5) is 0 Å². The second-order valence-electron chi connectivity index (χ2n) is 5.34. The van der Waals surface area contributed by atoms with E-state index in [-0.39, 0.29) is 0 Å². The van der Waals surface area contributed by atoms with Crippen molar-refractivity contribution in [3.63, 3.8) is 0 Å². The van der Waals surface area contributed by atoms with E-state index in [1.54, 1.807) is 7.11 Å². The van der Waals surface area contributed by atoms with Crippen molar-refractivity contribution in [2.75, 3.05) is 34.4 Å². The third-order valence-corrected chi connectivity index (χ3v) is 2.93. The van der Waals surface area contributed by atoms with Crippen molar-refractivity contribution in [3.8, 4) is 0 Å². The highest BCUT2D eigenvalue weighted by Crippen LogP contribution is 2.08. The van der Waals surface area contributed by atoms with E-state index >= 15 is 0 Å². The zero-order valence-electron chi connectivity index (χ0n) is 11.9. The maximum Gasteiger partial charge on any atom is 0.0476 e. The lowest BCUT2D eigenvalue weighted by Gasteiger charge is -2.27. The smallest absolute Gasteiger partial charge is 0.0476 e. The van der Waals surface area contributed by atoms with Gasteiger partial charge in [0, 0.05) is 32.3 Å². The number of ether oxygens (including phenoxy) is 1. The number of hydrogen-bond donors (Lipinski definition) is 1. The summed E-state index contributed by atoms with van der Waals surface area (Å²) in [6, 6.07) is 1.17. The predicted molar refractivity (Wildman–Crippen MR) is 70.9 cm³/mol. The van der Waals surface area contributed by atoms with Gasteiger partial charge < -0.3 is 15.0 Å². The number of nitrogens with zero attached hydrogens (tertiary/aromatic N) is 1. The minimum Gasteiger partial charge on any atom is -0.385 e. The molecule has 0 aromatic heterocycles. The first kappa shape index (κ1) is 15.9. The highest BCUT2D eigenvalue weighted by molar-refractivity contribution is 4.73. The molecule has 0 heterocycles. The van der Waals surface area contributed by atoms with Crippen molar-refractivity contribution in [1.29, 1.82) is 0 Å². The van der Waals surface area contributed by atoms with Crippen LogP contribution < -0.4 is 5.32 Å². The molecule has 0 saturated carbocycles. The average molecular weight is 230 g/mol. The van der Waals surface area contributed by atoms with Gasteiger partial charge in [0.25, 0.3) is 0 Å². The Labute approximate surface area is 102 Å².